The molecule has 0 radical (unpaired) electrons. The van der Waals surface area contributed by atoms with Gasteiger partial charge in [-0.3, -0.25) is 4.99 Å². The van der Waals surface area contributed by atoms with E-state index in [-0.39, 0.29) is 0 Å². The van der Waals surface area contributed by atoms with E-state index in [1.807, 2.05) is 0 Å². The van der Waals surface area contributed by atoms with Gasteiger partial charge in [0.25, 0.3) is 0 Å². The van der Waals surface area contributed by atoms with Crippen molar-refractivity contribution in [3.63, 3.8) is 0 Å². The fraction of sp³-hybridized carbons (Fsp3) is 0.500. The van der Waals surface area contributed by atoms with Crippen LogP contribution in [0.25, 0.3) is 0 Å². The average Bonchev–Trinajstić information content (AvgIpc) is 1.89. The molecule has 0 saturated heterocycles. The van der Waals surface area contributed by atoms with Gasteiger partial charge in [0, 0.05) is 18.7 Å². The molecule has 0 aromatic carbocycles. The molecular formula is C6H12N2O. The van der Waals surface area contributed by atoms with Crippen molar-refractivity contribution in [2.75, 3.05) is 13.7 Å². The van der Waals surface area contributed by atoms with Gasteiger partial charge in [0.05, 0.1) is 7.11 Å². The lowest BCUT2D eigenvalue weighted by atomic mass is 10.3. The minimum Gasteiger partial charge on any atom is -0.305 e. The van der Waals surface area contributed by atoms with Crippen LogP contribution in [0.5, 0.6) is 0 Å². The van der Waals surface area contributed by atoms with Crippen LogP contribution in [-0.2, 0) is 4.84 Å². The third-order valence-corrected chi connectivity index (χ3v) is 0.884. The van der Waals surface area contributed by atoms with Gasteiger partial charge in [-0.25, -0.2) is 5.48 Å². The molecule has 3 nitrogen and oxygen atoms in total. The molecule has 0 bridgehead atoms. The molecule has 0 aliphatic rings. The molecule has 0 rings (SSSR count). The van der Waals surface area contributed by atoms with Gasteiger partial charge in [0.15, 0.2) is 0 Å². The Kier molecular flexibility index (Phi) is 5.06. The monoisotopic (exact) mass is 128 g/mol. The van der Waals surface area contributed by atoms with E-state index < -0.39 is 0 Å². The third kappa shape index (κ3) is 5.20. The molecular weight excluding hydrogens is 116 g/mol. The van der Waals surface area contributed by atoms with Gasteiger partial charge in [0.1, 0.15) is 0 Å². The number of hydrogen-bond acceptors (Lipinski definition) is 3. The molecule has 9 heavy (non-hydrogen) atoms. The summed E-state index contributed by atoms with van der Waals surface area (Å²) in [5, 5.41) is 0. The second-order valence-electron chi connectivity index (χ2n) is 1.57. The van der Waals surface area contributed by atoms with E-state index in [0.29, 0.717) is 0 Å². The number of rotatable bonds is 5. The molecule has 0 heterocycles. The van der Waals surface area contributed by atoms with E-state index >= 15 is 0 Å². The van der Waals surface area contributed by atoms with Crippen molar-refractivity contribution in [3.05, 3.63) is 12.3 Å². The van der Waals surface area contributed by atoms with E-state index in [9.17, 15) is 0 Å². The third-order valence-electron chi connectivity index (χ3n) is 0.884. The first kappa shape index (κ1) is 8.33. The summed E-state index contributed by atoms with van der Waals surface area (Å²) >= 11 is 0. The SMILES string of the molecule is C=NC(=C)CCNOC. The number of nitrogens with zero attached hydrogens (tertiary/aromatic N) is 1. The molecule has 1 N–H and O–H groups in total. The van der Waals surface area contributed by atoms with E-state index in [0.717, 1.165) is 18.7 Å². The smallest absolute Gasteiger partial charge is 0.0572 e. The highest BCUT2D eigenvalue weighted by molar-refractivity contribution is 5.27. The lowest BCUT2D eigenvalue weighted by Gasteiger charge is -1.98. The van der Waals surface area contributed by atoms with Gasteiger partial charge in [0.2, 0.25) is 0 Å². The van der Waals surface area contributed by atoms with E-state index in [1.165, 1.54) is 0 Å². The van der Waals surface area contributed by atoms with Crippen molar-refractivity contribution in [3.8, 4) is 0 Å². The normalized spacial score (nSPS) is 9.00. The summed E-state index contributed by atoms with van der Waals surface area (Å²) in [6.45, 7) is 7.67. The lowest BCUT2D eigenvalue weighted by molar-refractivity contribution is 0.0927. The Bertz CT molecular complexity index is 101. The summed E-state index contributed by atoms with van der Waals surface area (Å²) in [7, 11) is 1.57. The van der Waals surface area contributed by atoms with Crippen molar-refractivity contribution in [2.24, 2.45) is 4.99 Å². The van der Waals surface area contributed by atoms with Crippen LogP contribution in [0.15, 0.2) is 17.3 Å². The minimum absolute atomic E-state index is 0.731. The molecule has 0 aliphatic carbocycles. The van der Waals surface area contributed by atoms with Crippen LogP contribution in [0, 0.1) is 0 Å². The quantitative estimate of drug-likeness (QED) is 0.336. The zero-order valence-corrected chi connectivity index (χ0v) is 5.68. The van der Waals surface area contributed by atoms with Gasteiger partial charge in [-0.2, -0.15) is 0 Å². The first-order valence-corrected chi connectivity index (χ1v) is 2.71. The summed E-state index contributed by atoms with van der Waals surface area (Å²) in [4.78, 5) is 8.20. The number of hydrogen-bond donors (Lipinski definition) is 1. The van der Waals surface area contributed by atoms with Gasteiger partial charge in [-0.1, -0.05) is 6.58 Å². The van der Waals surface area contributed by atoms with Crippen LogP contribution < -0.4 is 5.48 Å². The molecule has 0 aromatic rings. The fourth-order valence-corrected chi connectivity index (χ4v) is 0.376. The van der Waals surface area contributed by atoms with Gasteiger partial charge >= 0.3 is 0 Å². The molecule has 0 saturated carbocycles. The predicted molar refractivity (Wildman–Crippen MR) is 38.3 cm³/mol. The number of aliphatic imine (C=N–C) groups is 1. The van der Waals surface area contributed by atoms with Crippen LogP contribution in [0.2, 0.25) is 0 Å². The van der Waals surface area contributed by atoms with Crippen LogP contribution in [0.1, 0.15) is 6.42 Å². The van der Waals surface area contributed by atoms with E-state index in [1.54, 1.807) is 7.11 Å². The first-order chi connectivity index (χ1) is 4.31. The highest BCUT2D eigenvalue weighted by Crippen LogP contribution is 1.94. The van der Waals surface area contributed by atoms with Crippen LogP contribution in [-0.4, -0.2) is 20.4 Å². The summed E-state index contributed by atoms with van der Waals surface area (Å²) in [5.74, 6) is 0. The topological polar surface area (TPSA) is 33.6 Å². The van der Waals surface area contributed by atoms with Crippen LogP contribution >= 0.6 is 0 Å². The summed E-state index contributed by atoms with van der Waals surface area (Å²) < 4.78 is 0. The van der Waals surface area contributed by atoms with Gasteiger partial charge in [-0.05, 0) is 6.72 Å². The summed E-state index contributed by atoms with van der Waals surface area (Å²) in [6.07, 6.45) is 0.775. The Morgan fingerprint density at radius 1 is 1.78 bits per heavy atom. The maximum absolute atomic E-state index is 4.58. The second-order valence-corrected chi connectivity index (χ2v) is 1.57. The zero-order chi connectivity index (χ0) is 7.11. The molecule has 0 unspecified atom stereocenters. The molecule has 52 valence electrons. The van der Waals surface area contributed by atoms with Crippen LogP contribution in [0.3, 0.4) is 0 Å². The fourth-order valence-electron chi connectivity index (χ4n) is 0.376. The Hall–Kier alpha value is -0.670. The average molecular weight is 128 g/mol. The predicted octanol–water partition coefficient (Wildman–Crippen LogP) is 0.742. The number of hydroxylamine groups is 1. The zero-order valence-electron chi connectivity index (χ0n) is 5.68. The van der Waals surface area contributed by atoms with Crippen molar-refractivity contribution in [2.45, 2.75) is 6.42 Å². The van der Waals surface area contributed by atoms with Gasteiger partial charge in [-0.15, -0.1) is 0 Å². The largest absolute Gasteiger partial charge is 0.305 e. The maximum Gasteiger partial charge on any atom is 0.0572 e. The summed E-state index contributed by atoms with van der Waals surface area (Å²) in [6, 6.07) is 0. The highest BCUT2D eigenvalue weighted by Gasteiger charge is 1.86. The second kappa shape index (κ2) is 5.47. The molecule has 0 amide bonds. The molecule has 3 heteroatoms. The van der Waals surface area contributed by atoms with Crippen LogP contribution in [0.4, 0.5) is 0 Å². The Balaban J connectivity index is 3.07. The standard InChI is InChI=1S/C6H12N2O/c1-6(7-2)4-5-8-9-3/h8H,1-2,4-5H2,3H3. The number of nitrogens with one attached hydrogen (secondary N) is 1. The minimum atomic E-state index is 0.731. The highest BCUT2D eigenvalue weighted by atomic mass is 16.6. The maximum atomic E-state index is 4.58. The Morgan fingerprint density at radius 3 is 2.89 bits per heavy atom. The summed E-state index contributed by atoms with van der Waals surface area (Å²) in [5.41, 5.74) is 3.44. The molecule has 0 aromatic heterocycles. The van der Waals surface area contributed by atoms with Crippen molar-refractivity contribution in [1.82, 2.24) is 5.48 Å². The Labute approximate surface area is 55.4 Å². The molecule has 0 aliphatic heterocycles. The molecule has 0 fully saturated rings. The van der Waals surface area contributed by atoms with Gasteiger partial charge < -0.3 is 4.84 Å². The molecule has 0 atom stereocenters. The van der Waals surface area contributed by atoms with E-state index in [2.05, 4.69) is 28.6 Å². The van der Waals surface area contributed by atoms with E-state index in [4.69, 9.17) is 0 Å². The van der Waals surface area contributed by atoms with Crippen molar-refractivity contribution >= 4 is 6.72 Å². The Morgan fingerprint density at radius 2 is 2.44 bits per heavy atom. The van der Waals surface area contributed by atoms with Crippen molar-refractivity contribution in [1.29, 1.82) is 0 Å². The van der Waals surface area contributed by atoms with Crippen molar-refractivity contribution < 1.29 is 4.84 Å². The molecule has 0 spiro atoms. The first-order valence-electron chi connectivity index (χ1n) is 2.71. The lowest BCUT2D eigenvalue weighted by Crippen LogP contribution is -2.12.